The molecular weight excluding hydrogens is 362 g/mol. The van der Waals surface area contributed by atoms with Crippen molar-refractivity contribution in [2.45, 2.75) is 38.3 Å². The predicted molar refractivity (Wildman–Crippen MR) is 104 cm³/mol. The maximum Gasteiger partial charge on any atom is 0.254 e. The molecule has 1 amide bonds. The number of amides is 1. The lowest BCUT2D eigenvalue weighted by Gasteiger charge is -2.25. The SMILES string of the molecule is CC1Cc2cc(C(=O)N3CCCC3c3ccncc3)ccc2N1S(C)(=O)=O. The van der Waals surface area contributed by atoms with Crippen LogP contribution in [0.3, 0.4) is 0 Å². The van der Waals surface area contributed by atoms with Crippen molar-refractivity contribution in [3.8, 4) is 0 Å². The number of carbonyl (C=O) groups is 1. The van der Waals surface area contributed by atoms with Crippen molar-refractivity contribution in [3.05, 3.63) is 59.4 Å². The fourth-order valence-corrected chi connectivity index (χ4v) is 5.61. The molecule has 0 bridgehead atoms. The molecule has 0 radical (unpaired) electrons. The summed E-state index contributed by atoms with van der Waals surface area (Å²) in [6, 6.07) is 9.25. The summed E-state index contributed by atoms with van der Waals surface area (Å²) in [5.74, 6) is 0.00238. The molecule has 4 rings (SSSR count). The van der Waals surface area contributed by atoms with Gasteiger partial charge < -0.3 is 4.90 Å². The highest BCUT2D eigenvalue weighted by Gasteiger charge is 2.34. The van der Waals surface area contributed by atoms with Gasteiger partial charge in [0.2, 0.25) is 10.0 Å². The van der Waals surface area contributed by atoms with Crippen LogP contribution in [0.5, 0.6) is 0 Å². The van der Waals surface area contributed by atoms with Crippen LogP contribution >= 0.6 is 0 Å². The average molecular weight is 385 g/mol. The lowest BCUT2D eigenvalue weighted by Crippen LogP contribution is -2.34. The Kier molecular flexibility index (Phi) is 4.42. The highest BCUT2D eigenvalue weighted by atomic mass is 32.2. The van der Waals surface area contributed by atoms with Gasteiger partial charge in [0.25, 0.3) is 5.91 Å². The first kappa shape index (κ1) is 18.0. The summed E-state index contributed by atoms with van der Waals surface area (Å²) in [7, 11) is -3.33. The molecule has 2 atom stereocenters. The van der Waals surface area contributed by atoms with E-state index in [1.807, 2.05) is 30.0 Å². The van der Waals surface area contributed by atoms with Gasteiger partial charge in [0, 0.05) is 30.5 Å². The van der Waals surface area contributed by atoms with Gasteiger partial charge in [0.1, 0.15) is 0 Å². The molecule has 142 valence electrons. The van der Waals surface area contributed by atoms with Crippen molar-refractivity contribution in [2.75, 3.05) is 17.1 Å². The Morgan fingerprint density at radius 3 is 2.63 bits per heavy atom. The van der Waals surface area contributed by atoms with Crippen LogP contribution in [0.25, 0.3) is 0 Å². The van der Waals surface area contributed by atoms with Crippen LogP contribution < -0.4 is 4.31 Å². The minimum absolute atomic E-state index is 0.00238. The van der Waals surface area contributed by atoms with E-state index in [4.69, 9.17) is 0 Å². The summed E-state index contributed by atoms with van der Waals surface area (Å²) in [6.07, 6.45) is 7.28. The van der Waals surface area contributed by atoms with Crippen LogP contribution in [0.4, 0.5) is 5.69 Å². The van der Waals surface area contributed by atoms with Crippen LogP contribution in [0.15, 0.2) is 42.7 Å². The number of aromatic nitrogens is 1. The van der Waals surface area contributed by atoms with Crippen molar-refractivity contribution in [1.82, 2.24) is 9.88 Å². The summed E-state index contributed by atoms with van der Waals surface area (Å²) in [5.41, 5.74) is 3.33. The quantitative estimate of drug-likeness (QED) is 0.815. The van der Waals surface area contributed by atoms with Crippen LogP contribution in [-0.4, -0.2) is 43.1 Å². The number of nitrogens with zero attached hydrogens (tertiary/aromatic N) is 3. The predicted octanol–water partition coefficient (Wildman–Crippen LogP) is 2.77. The molecule has 1 aromatic heterocycles. The van der Waals surface area contributed by atoms with Crippen molar-refractivity contribution < 1.29 is 13.2 Å². The number of likely N-dealkylation sites (tertiary alicyclic amines) is 1. The number of pyridine rings is 1. The zero-order chi connectivity index (χ0) is 19.2. The van der Waals surface area contributed by atoms with E-state index in [1.165, 1.54) is 10.6 Å². The van der Waals surface area contributed by atoms with Gasteiger partial charge in [-0.1, -0.05) is 0 Å². The number of hydrogen-bond donors (Lipinski definition) is 0. The van der Waals surface area contributed by atoms with Crippen LogP contribution in [-0.2, 0) is 16.4 Å². The average Bonchev–Trinajstić information content (AvgIpc) is 3.24. The molecule has 0 saturated carbocycles. The number of rotatable bonds is 3. The number of hydrogen-bond acceptors (Lipinski definition) is 4. The first-order valence-electron chi connectivity index (χ1n) is 9.19. The maximum absolute atomic E-state index is 13.2. The second-order valence-corrected chi connectivity index (χ2v) is 9.25. The molecule has 27 heavy (non-hydrogen) atoms. The molecule has 0 spiro atoms. The highest BCUT2D eigenvalue weighted by Crippen LogP contribution is 2.37. The van der Waals surface area contributed by atoms with E-state index < -0.39 is 10.0 Å². The van der Waals surface area contributed by atoms with Crippen molar-refractivity contribution in [3.63, 3.8) is 0 Å². The lowest BCUT2D eigenvalue weighted by molar-refractivity contribution is 0.0735. The van der Waals surface area contributed by atoms with E-state index in [2.05, 4.69) is 4.98 Å². The van der Waals surface area contributed by atoms with E-state index >= 15 is 0 Å². The van der Waals surface area contributed by atoms with Gasteiger partial charge in [-0.05, 0) is 67.6 Å². The van der Waals surface area contributed by atoms with Gasteiger partial charge in [-0.25, -0.2) is 8.42 Å². The van der Waals surface area contributed by atoms with Crippen molar-refractivity contribution >= 4 is 21.6 Å². The smallest absolute Gasteiger partial charge is 0.254 e. The molecule has 2 aliphatic rings. The number of anilines is 1. The maximum atomic E-state index is 13.2. The monoisotopic (exact) mass is 385 g/mol. The molecule has 0 aliphatic carbocycles. The first-order valence-corrected chi connectivity index (χ1v) is 11.0. The first-order chi connectivity index (χ1) is 12.9. The number of sulfonamides is 1. The number of benzene rings is 1. The van der Waals surface area contributed by atoms with Crippen LogP contribution in [0.2, 0.25) is 0 Å². The summed E-state index contributed by atoms with van der Waals surface area (Å²) < 4.78 is 25.6. The largest absolute Gasteiger partial charge is 0.332 e. The third-order valence-electron chi connectivity index (χ3n) is 5.44. The Labute approximate surface area is 159 Å². The molecule has 1 fully saturated rings. The second kappa shape index (κ2) is 6.64. The summed E-state index contributed by atoms with van der Waals surface area (Å²) in [5, 5.41) is 0. The Balaban J connectivity index is 1.63. The number of fused-ring (bicyclic) bond motifs is 1. The topological polar surface area (TPSA) is 70.6 Å². The van der Waals surface area contributed by atoms with Gasteiger partial charge in [-0.15, -0.1) is 0 Å². The molecule has 3 heterocycles. The van der Waals surface area contributed by atoms with Gasteiger partial charge in [-0.3, -0.25) is 14.1 Å². The van der Waals surface area contributed by atoms with Crippen molar-refractivity contribution in [2.24, 2.45) is 0 Å². The zero-order valence-electron chi connectivity index (χ0n) is 15.5. The zero-order valence-corrected chi connectivity index (χ0v) is 16.3. The minimum atomic E-state index is -3.33. The molecule has 6 nitrogen and oxygen atoms in total. The molecule has 0 N–H and O–H groups in total. The Morgan fingerprint density at radius 2 is 1.93 bits per heavy atom. The third-order valence-corrected chi connectivity index (χ3v) is 6.71. The van der Waals surface area contributed by atoms with E-state index in [9.17, 15) is 13.2 Å². The van der Waals surface area contributed by atoms with Gasteiger partial charge in [0.05, 0.1) is 18.0 Å². The Bertz CT molecular complexity index is 975. The fourth-order valence-electron chi connectivity index (χ4n) is 4.35. The summed E-state index contributed by atoms with van der Waals surface area (Å²) in [4.78, 5) is 19.2. The van der Waals surface area contributed by atoms with E-state index in [0.717, 1.165) is 30.5 Å². The molecule has 7 heteroatoms. The van der Waals surface area contributed by atoms with Gasteiger partial charge >= 0.3 is 0 Å². The summed E-state index contributed by atoms with van der Waals surface area (Å²) >= 11 is 0. The lowest BCUT2D eigenvalue weighted by atomic mass is 10.0. The molecular formula is C20H23N3O3S. The van der Waals surface area contributed by atoms with Crippen LogP contribution in [0, 0.1) is 0 Å². The Morgan fingerprint density at radius 1 is 1.19 bits per heavy atom. The summed E-state index contributed by atoms with van der Waals surface area (Å²) in [6.45, 7) is 2.62. The fraction of sp³-hybridized carbons (Fsp3) is 0.400. The van der Waals surface area contributed by atoms with Gasteiger partial charge in [0.15, 0.2) is 0 Å². The van der Waals surface area contributed by atoms with Crippen LogP contribution in [0.1, 0.15) is 47.3 Å². The Hall–Kier alpha value is -2.41. The molecule has 2 aliphatic heterocycles. The third kappa shape index (κ3) is 3.20. The molecule has 1 aromatic carbocycles. The van der Waals surface area contributed by atoms with E-state index in [1.54, 1.807) is 24.5 Å². The van der Waals surface area contributed by atoms with E-state index in [0.29, 0.717) is 17.7 Å². The van der Waals surface area contributed by atoms with E-state index in [-0.39, 0.29) is 18.0 Å². The second-order valence-electron chi connectivity index (χ2n) is 7.39. The molecule has 2 aromatic rings. The number of carbonyl (C=O) groups excluding carboxylic acids is 1. The standard InChI is InChI=1S/C20H23N3O3S/c1-14-12-17-13-16(5-6-19(17)23(14)27(2,25)26)20(24)22-11-3-4-18(22)15-7-9-21-10-8-15/h5-10,13-14,18H,3-4,11-12H2,1-2H3. The minimum Gasteiger partial charge on any atom is -0.332 e. The highest BCUT2D eigenvalue weighted by molar-refractivity contribution is 7.92. The normalized spacial score (nSPS) is 22.1. The molecule has 1 saturated heterocycles. The molecule has 2 unspecified atom stereocenters. The van der Waals surface area contributed by atoms with Gasteiger partial charge in [-0.2, -0.15) is 0 Å². The van der Waals surface area contributed by atoms with Crippen molar-refractivity contribution in [1.29, 1.82) is 0 Å².